The third-order valence-electron chi connectivity index (χ3n) is 3.05. The molecule has 0 fully saturated rings. The van der Waals surface area contributed by atoms with Crippen LogP contribution in [0, 0.1) is 0 Å². The van der Waals surface area contributed by atoms with Gasteiger partial charge in [-0.25, -0.2) is 0 Å². The topological polar surface area (TPSA) is 43.0 Å². The summed E-state index contributed by atoms with van der Waals surface area (Å²) in [5.41, 5.74) is 4.09. The molecule has 0 spiro atoms. The molecule has 1 aromatic carbocycles. The number of para-hydroxylation sites is 1. The fourth-order valence-corrected chi connectivity index (χ4v) is 2.22. The van der Waals surface area contributed by atoms with Crippen molar-refractivity contribution in [2.45, 2.75) is 6.54 Å². The second kappa shape index (κ2) is 4.31. The Kier molecular flexibility index (Phi) is 2.64. The number of fused-ring (bicyclic) bond motifs is 1. The first-order chi connectivity index (χ1) is 8.79. The average molecular weight is 241 g/mol. The van der Waals surface area contributed by atoms with E-state index in [1.807, 2.05) is 37.0 Å². The molecule has 3 rings (SSSR count). The van der Waals surface area contributed by atoms with E-state index >= 15 is 0 Å². The van der Waals surface area contributed by atoms with E-state index in [9.17, 15) is 0 Å². The van der Waals surface area contributed by atoms with Crippen molar-refractivity contribution in [1.82, 2.24) is 15.1 Å². The van der Waals surface area contributed by atoms with E-state index in [2.05, 4.69) is 22.5 Å². The monoisotopic (exact) mass is 241 g/mol. The summed E-state index contributed by atoms with van der Waals surface area (Å²) in [6.45, 7) is 0.767. The lowest BCUT2D eigenvalue weighted by atomic mass is 10.1. The predicted molar refractivity (Wildman–Crippen MR) is 71.2 cm³/mol. The van der Waals surface area contributed by atoms with Crippen LogP contribution in [0.1, 0.15) is 5.69 Å². The molecule has 2 aromatic heterocycles. The highest BCUT2D eigenvalue weighted by Crippen LogP contribution is 2.30. The number of hydrogen-bond acceptors (Lipinski definition) is 3. The van der Waals surface area contributed by atoms with Crippen LogP contribution in [-0.2, 0) is 13.6 Å². The smallest absolute Gasteiger partial charge is 0.134 e. The Balaban J connectivity index is 2.14. The first-order valence-electron chi connectivity index (χ1n) is 5.93. The SMILES string of the molecule is CNCc1cc(-c2coc3ccccc23)n(C)n1. The summed E-state index contributed by atoms with van der Waals surface area (Å²) in [6, 6.07) is 10.1. The Morgan fingerprint density at radius 3 is 3.00 bits per heavy atom. The second-order valence-corrected chi connectivity index (χ2v) is 4.32. The van der Waals surface area contributed by atoms with Gasteiger partial charge in [0, 0.05) is 24.5 Å². The maximum atomic E-state index is 5.57. The maximum absolute atomic E-state index is 5.57. The van der Waals surface area contributed by atoms with Crippen molar-refractivity contribution >= 4 is 11.0 Å². The molecular weight excluding hydrogens is 226 g/mol. The van der Waals surface area contributed by atoms with Crippen LogP contribution in [0.4, 0.5) is 0 Å². The normalized spacial score (nSPS) is 11.2. The highest BCUT2D eigenvalue weighted by atomic mass is 16.3. The standard InChI is InChI=1S/C14H15N3O/c1-15-8-10-7-13(17(2)16-10)12-9-18-14-6-4-3-5-11(12)14/h3-7,9,15H,8H2,1-2H3. The number of benzene rings is 1. The Morgan fingerprint density at radius 2 is 2.17 bits per heavy atom. The quantitative estimate of drug-likeness (QED) is 0.766. The van der Waals surface area contributed by atoms with Gasteiger partial charge in [-0.05, 0) is 19.2 Å². The minimum absolute atomic E-state index is 0.767. The molecule has 0 amide bonds. The van der Waals surface area contributed by atoms with Gasteiger partial charge in [0.05, 0.1) is 11.4 Å². The van der Waals surface area contributed by atoms with Crippen LogP contribution in [0.25, 0.3) is 22.2 Å². The first-order valence-corrected chi connectivity index (χ1v) is 5.93. The highest BCUT2D eigenvalue weighted by molar-refractivity contribution is 5.92. The van der Waals surface area contributed by atoms with Crippen LogP contribution in [0.3, 0.4) is 0 Å². The third-order valence-corrected chi connectivity index (χ3v) is 3.05. The molecule has 4 heteroatoms. The molecule has 4 nitrogen and oxygen atoms in total. The van der Waals surface area contributed by atoms with Gasteiger partial charge in [-0.15, -0.1) is 0 Å². The van der Waals surface area contributed by atoms with Crippen molar-refractivity contribution in [2.24, 2.45) is 7.05 Å². The van der Waals surface area contributed by atoms with E-state index in [1.54, 1.807) is 6.26 Å². The summed E-state index contributed by atoms with van der Waals surface area (Å²) < 4.78 is 7.46. The fraction of sp³-hybridized carbons (Fsp3) is 0.214. The van der Waals surface area contributed by atoms with Crippen molar-refractivity contribution in [2.75, 3.05) is 7.05 Å². The number of rotatable bonds is 3. The largest absolute Gasteiger partial charge is 0.464 e. The van der Waals surface area contributed by atoms with Gasteiger partial charge in [0.15, 0.2) is 0 Å². The van der Waals surface area contributed by atoms with Gasteiger partial charge >= 0.3 is 0 Å². The molecule has 92 valence electrons. The van der Waals surface area contributed by atoms with Gasteiger partial charge in [-0.3, -0.25) is 4.68 Å². The molecule has 3 aromatic rings. The molecule has 0 aliphatic rings. The molecule has 0 saturated carbocycles. The van der Waals surface area contributed by atoms with Gasteiger partial charge in [-0.2, -0.15) is 5.10 Å². The Labute approximate surface area is 105 Å². The van der Waals surface area contributed by atoms with Crippen molar-refractivity contribution in [1.29, 1.82) is 0 Å². The van der Waals surface area contributed by atoms with Crippen LogP contribution in [-0.4, -0.2) is 16.8 Å². The highest BCUT2D eigenvalue weighted by Gasteiger charge is 2.12. The molecule has 2 heterocycles. The van der Waals surface area contributed by atoms with E-state index in [-0.39, 0.29) is 0 Å². The molecule has 0 atom stereocenters. The van der Waals surface area contributed by atoms with Crippen LogP contribution in [0.15, 0.2) is 41.0 Å². The summed E-state index contributed by atoms with van der Waals surface area (Å²) in [6.07, 6.45) is 1.80. The van der Waals surface area contributed by atoms with Gasteiger partial charge in [0.1, 0.15) is 11.8 Å². The molecule has 0 unspecified atom stereocenters. The number of hydrogen-bond donors (Lipinski definition) is 1. The Hall–Kier alpha value is -2.07. The molecule has 0 aliphatic carbocycles. The van der Waals surface area contributed by atoms with Crippen molar-refractivity contribution in [3.63, 3.8) is 0 Å². The number of nitrogens with one attached hydrogen (secondary N) is 1. The zero-order valence-electron chi connectivity index (χ0n) is 10.5. The van der Waals surface area contributed by atoms with Gasteiger partial charge in [0.25, 0.3) is 0 Å². The van der Waals surface area contributed by atoms with Crippen LogP contribution < -0.4 is 5.32 Å². The summed E-state index contributed by atoms with van der Waals surface area (Å²) in [7, 11) is 3.87. The lowest BCUT2D eigenvalue weighted by molar-refractivity contribution is 0.616. The minimum atomic E-state index is 0.767. The summed E-state index contributed by atoms with van der Waals surface area (Å²) in [5.74, 6) is 0. The lowest BCUT2D eigenvalue weighted by Crippen LogP contribution is -2.05. The summed E-state index contributed by atoms with van der Waals surface area (Å²) in [5, 5.41) is 8.71. The Morgan fingerprint density at radius 1 is 1.33 bits per heavy atom. The minimum Gasteiger partial charge on any atom is -0.464 e. The van der Waals surface area contributed by atoms with Crippen molar-refractivity contribution in [3.8, 4) is 11.3 Å². The lowest BCUT2D eigenvalue weighted by Gasteiger charge is -1.97. The van der Waals surface area contributed by atoms with Crippen molar-refractivity contribution < 1.29 is 4.42 Å². The van der Waals surface area contributed by atoms with Gasteiger partial charge in [0.2, 0.25) is 0 Å². The molecule has 0 aliphatic heterocycles. The molecule has 1 N–H and O–H groups in total. The summed E-state index contributed by atoms with van der Waals surface area (Å²) in [4.78, 5) is 0. The zero-order chi connectivity index (χ0) is 12.5. The first kappa shape index (κ1) is 11.0. The van der Waals surface area contributed by atoms with Crippen LogP contribution in [0.2, 0.25) is 0 Å². The van der Waals surface area contributed by atoms with Crippen molar-refractivity contribution in [3.05, 3.63) is 42.3 Å². The van der Waals surface area contributed by atoms with E-state index in [4.69, 9.17) is 4.42 Å². The van der Waals surface area contributed by atoms with E-state index < -0.39 is 0 Å². The number of aromatic nitrogens is 2. The molecular formula is C14H15N3O. The maximum Gasteiger partial charge on any atom is 0.134 e. The van der Waals surface area contributed by atoms with Gasteiger partial charge < -0.3 is 9.73 Å². The summed E-state index contributed by atoms with van der Waals surface area (Å²) >= 11 is 0. The zero-order valence-corrected chi connectivity index (χ0v) is 10.5. The molecule has 18 heavy (non-hydrogen) atoms. The number of furan rings is 1. The van der Waals surface area contributed by atoms with E-state index in [0.717, 1.165) is 34.5 Å². The fourth-order valence-electron chi connectivity index (χ4n) is 2.22. The van der Waals surface area contributed by atoms with Crippen LogP contribution >= 0.6 is 0 Å². The Bertz CT molecular complexity index is 681. The predicted octanol–water partition coefficient (Wildman–Crippen LogP) is 2.55. The molecule has 0 saturated heterocycles. The molecule has 0 bridgehead atoms. The van der Waals surface area contributed by atoms with Crippen LogP contribution in [0.5, 0.6) is 0 Å². The van der Waals surface area contributed by atoms with Gasteiger partial charge in [-0.1, -0.05) is 18.2 Å². The number of aryl methyl sites for hydroxylation is 1. The van der Waals surface area contributed by atoms with E-state index in [1.165, 1.54) is 0 Å². The molecule has 0 radical (unpaired) electrons. The van der Waals surface area contributed by atoms with E-state index in [0.29, 0.717) is 0 Å². The average Bonchev–Trinajstić information content (AvgIpc) is 2.93. The third kappa shape index (κ3) is 1.71. The second-order valence-electron chi connectivity index (χ2n) is 4.32. The number of nitrogens with zero attached hydrogens (tertiary/aromatic N) is 2.